The fraction of sp³-hybridized carbons (Fsp3) is 0.714. The lowest BCUT2D eigenvalue weighted by molar-refractivity contribution is 0.804. The average molecular weight is 236 g/mol. The van der Waals surface area contributed by atoms with Crippen LogP contribution in [0.2, 0.25) is 5.15 Å². The maximum absolute atomic E-state index is 5.79. The average Bonchev–Trinajstić information content (AvgIpc) is 2.72. The fourth-order valence-electron chi connectivity index (χ4n) is 1.30. The molecule has 0 radical (unpaired) electrons. The largest absolute Gasteiger partial charge is 0.365 e. The summed E-state index contributed by atoms with van der Waals surface area (Å²) in [6.07, 6.45) is 2.63. The molecule has 0 spiro atoms. The number of anilines is 1. The van der Waals surface area contributed by atoms with Crippen LogP contribution in [0.15, 0.2) is 0 Å². The number of aromatic nitrogens is 2. The Bertz CT molecular complexity index is 272. The summed E-state index contributed by atoms with van der Waals surface area (Å²) in [5, 5.41) is 4.43. The molecule has 1 saturated heterocycles. The molecule has 0 bridgehead atoms. The quantitative estimate of drug-likeness (QED) is 0.874. The number of hydrogen-bond acceptors (Lipinski definition) is 5. The van der Waals surface area contributed by atoms with Crippen LogP contribution in [0.5, 0.6) is 0 Å². The molecule has 1 aromatic heterocycles. The molecule has 1 atom stereocenters. The van der Waals surface area contributed by atoms with Gasteiger partial charge in [0.15, 0.2) is 11.0 Å². The predicted octanol–water partition coefficient (Wildman–Crippen LogP) is 2.50. The number of nitrogens with zero attached hydrogens (tertiary/aromatic N) is 2. The Morgan fingerprint density at radius 3 is 3.08 bits per heavy atom. The molecule has 0 aromatic carbocycles. The van der Waals surface area contributed by atoms with Crippen molar-refractivity contribution in [2.24, 2.45) is 0 Å². The van der Waals surface area contributed by atoms with E-state index in [0.717, 1.165) is 29.3 Å². The Morgan fingerprint density at radius 2 is 2.46 bits per heavy atom. The minimum atomic E-state index is 0.494. The van der Waals surface area contributed by atoms with Crippen LogP contribution in [0, 0.1) is 0 Å². The molecule has 0 saturated carbocycles. The Hall–Kier alpha value is -0.000000000000000111. The molecule has 1 aromatic rings. The van der Waals surface area contributed by atoms with Gasteiger partial charge in [-0.3, -0.25) is 0 Å². The van der Waals surface area contributed by atoms with Gasteiger partial charge in [0, 0.05) is 11.8 Å². The van der Waals surface area contributed by atoms with E-state index in [1.807, 2.05) is 11.8 Å². The van der Waals surface area contributed by atoms with Crippen molar-refractivity contribution >= 4 is 40.9 Å². The van der Waals surface area contributed by atoms with Gasteiger partial charge in [0.1, 0.15) is 0 Å². The minimum Gasteiger partial charge on any atom is -0.365 e. The highest BCUT2D eigenvalue weighted by molar-refractivity contribution is 8.00. The third-order valence-corrected chi connectivity index (χ3v) is 4.26. The van der Waals surface area contributed by atoms with E-state index in [-0.39, 0.29) is 0 Å². The summed E-state index contributed by atoms with van der Waals surface area (Å²) in [7, 11) is 0. The van der Waals surface area contributed by atoms with Gasteiger partial charge in [-0.15, -0.1) is 0 Å². The Labute approximate surface area is 90.6 Å². The van der Waals surface area contributed by atoms with Gasteiger partial charge in [-0.05, 0) is 18.6 Å². The molecule has 2 rings (SSSR count). The molecule has 1 unspecified atom stereocenters. The van der Waals surface area contributed by atoms with Gasteiger partial charge in [0.2, 0.25) is 0 Å². The molecular weight excluding hydrogens is 226 g/mol. The number of hydrogen-bond donors (Lipinski definition) is 1. The van der Waals surface area contributed by atoms with Crippen molar-refractivity contribution in [2.45, 2.75) is 18.1 Å². The minimum absolute atomic E-state index is 0.494. The van der Waals surface area contributed by atoms with Gasteiger partial charge in [-0.25, -0.2) is 0 Å². The molecule has 0 aliphatic carbocycles. The summed E-state index contributed by atoms with van der Waals surface area (Å²) in [6, 6.07) is 0. The van der Waals surface area contributed by atoms with E-state index < -0.39 is 0 Å². The van der Waals surface area contributed by atoms with Crippen LogP contribution < -0.4 is 5.32 Å². The molecule has 72 valence electrons. The summed E-state index contributed by atoms with van der Waals surface area (Å²) in [6.45, 7) is 0.954. The molecule has 1 aliphatic rings. The lowest BCUT2D eigenvalue weighted by Gasteiger charge is -2.08. The van der Waals surface area contributed by atoms with E-state index in [2.05, 4.69) is 14.1 Å². The summed E-state index contributed by atoms with van der Waals surface area (Å²) in [5.41, 5.74) is 0. The van der Waals surface area contributed by atoms with Gasteiger partial charge in [-0.1, -0.05) is 11.6 Å². The van der Waals surface area contributed by atoms with Crippen molar-refractivity contribution in [3.63, 3.8) is 0 Å². The molecule has 1 fully saturated rings. The third-order valence-electron chi connectivity index (χ3n) is 1.97. The second-order valence-corrected chi connectivity index (χ2v) is 5.21. The van der Waals surface area contributed by atoms with E-state index in [0.29, 0.717) is 5.15 Å². The third kappa shape index (κ3) is 2.48. The first kappa shape index (κ1) is 9.55. The zero-order valence-electron chi connectivity index (χ0n) is 6.99. The van der Waals surface area contributed by atoms with Crippen molar-refractivity contribution < 1.29 is 0 Å². The second kappa shape index (κ2) is 4.48. The van der Waals surface area contributed by atoms with E-state index in [1.54, 1.807) is 0 Å². The Morgan fingerprint density at radius 1 is 1.54 bits per heavy atom. The van der Waals surface area contributed by atoms with Crippen LogP contribution in [-0.2, 0) is 0 Å². The van der Waals surface area contributed by atoms with E-state index in [9.17, 15) is 0 Å². The highest BCUT2D eigenvalue weighted by Gasteiger charge is 2.16. The first-order valence-corrected chi connectivity index (χ1v) is 6.35. The van der Waals surface area contributed by atoms with Crippen molar-refractivity contribution in [2.75, 3.05) is 17.6 Å². The van der Waals surface area contributed by atoms with Gasteiger partial charge in [-0.2, -0.15) is 20.5 Å². The first-order chi connectivity index (χ1) is 6.36. The summed E-state index contributed by atoms with van der Waals surface area (Å²) >= 11 is 8.96. The van der Waals surface area contributed by atoms with Crippen LogP contribution in [0.3, 0.4) is 0 Å². The molecule has 13 heavy (non-hydrogen) atoms. The van der Waals surface area contributed by atoms with Crippen molar-refractivity contribution in [3.05, 3.63) is 5.15 Å². The van der Waals surface area contributed by atoms with Crippen molar-refractivity contribution in [1.82, 2.24) is 8.75 Å². The maximum Gasteiger partial charge on any atom is 0.186 e. The molecule has 1 aliphatic heterocycles. The predicted molar refractivity (Wildman–Crippen MR) is 58.9 cm³/mol. The normalized spacial score (nSPS) is 22.1. The highest BCUT2D eigenvalue weighted by atomic mass is 35.5. The van der Waals surface area contributed by atoms with E-state index in [4.69, 9.17) is 11.6 Å². The molecule has 2 heterocycles. The topological polar surface area (TPSA) is 37.8 Å². The SMILES string of the molecule is Clc1nsnc1NCC1CCCS1. The van der Waals surface area contributed by atoms with Gasteiger partial charge in [0.05, 0.1) is 11.7 Å². The number of nitrogens with one attached hydrogen (secondary N) is 1. The lowest BCUT2D eigenvalue weighted by atomic mass is 10.2. The monoisotopic (exact) mass is 235 g/mol. The lowest BCUT2D eigenvalue weighted by Crippen LogP contribution is -2.13. The van der Waals surface area contributed by atoms with E-state index >= 15 is 0 Å². The molecule has 1 N–H and O–H groups in total. The van der Waals surface area contributed by atoms with Gasteiger partial charge in [0.25, 0.3) is 0 Å². The highest BCUT2D eigenvalue weighted by Crippen LogP contribution is 2.27. The number of rotatable bonds is 3. The van der Waals surface area contributed by atoms with Gasteiger partial charge < -0.3 is 5.32 Å². The Kier molecular flexibility index (Phi) is 3.29. The van der Waals surface area contributed by atoms with Crippen LogP contribution in [0.4, 0.5) is 5.82 Å². The summed E-state index contributed by atoms with van der Waals surface area (Å²) < 4.78 is 7.94. The van der Waals surface area contributed by atoms with Crippen LogP contribution in [0.1, 0.15) is 12.8 Å². The van der Waals surface area contributed by atoms with Crippen molar-refractivity contribution in [3.8, 4) is 0 Å². The van der Waals surface area contributed by atoms with Crippen LogP contribution in [-0.4, -0.2) is 26.3 Å². The van der Waals surface area contributed by atoms with Crippen LogP contribution >= 0.6 is 35.1 Å². The maximum atomic E-state index is 5.79. The smallest absolute Gasteiger partial charge is 0.186 e. The zero-order valence-corrected chi connectivity index (χ0v) is 9.38. The molecule has 6 heteroatoms. The van der Waals surface area contributed by atoms with E-state index in [1.165, 1.54) is 18.6 Å². The number of halogens is 1. The first-order valence-electron chi connectivity index (χ1n) is 4.20. The Balaban J connectivity index is 1.82. The van der Waals surface area contributed by atoms with Crippen LogP contribution in [0.25, 0.3) is 0 Å². The summed E-state index contributed by atoms with van der Waals surface area (Å²) in [4.78, 5) is 0. The summed E-state index contributed by atoms with van der Waals surface area (Å²) in [5.74, 6) is 2.02. The zero-order chi connectivity index (χ0) is 9.10. The molecule has 0 amide bonds. The molecule has 3 nitrogen and oxygen atoms in total. The van der Waals surface area contributed by atoms with Crippen molar-refractivity contribution in [1.29, 1.82) is 0 Å². The fourth-order valence-corrected chi connectivity index (χ4v) is 3.18. The second-order valence-electron chi connectivity index (χ2n) is 2.92. The number of thioether (sulfide) groups is 1. The molecular formula is C7H10ClN3S2. The van der Waals surface area contributed by atoms with Gasteiger partial charge >= 0.3 is 0 Å². The standard InChI is InChI=1S/C7H10ClN3S2/c8-6-7(11-13-10-6)9-4-5-2-1-3-12-5/h5H,1-4H2,(H,9,11).